The summed E-state index contributed by atoms with van der Waals surface area (Å²) in [5.74, 6) is 0.701. The highest BCUT2D eigenvalue weighted by Gasteiger charge is 2.26. The van der Waals surface area contributed by atoms with Crippen LogP contribution in [0.2, 0.25) is 0 Å². The quantitative estimate of drug-likeness (QED) is 0.150. The normalized spacial score (nSPS) is 15.5. The van der Waals surface area contributed by atoms with Crippen molar-refractivity contribution in [2.24, 2.45) is 7.05 Å². The molecule has 3 aromatic heterocycles. The summed E-state index contributed by atoms with van der Waals surface area (Å²) in [5, 5.41) is 6.98. The average Bonchev–Trinajstić information content (AvgIpc) is 3.44. The summed E-state index contributed by atoms with van der Waals surface area (Å²) in [5.41, 5.74) is 11.1. The van der Waals surface area contributed by atoms with Crippen molar-refractivity contribution in [3.63, 3.8) is 0 Å². The standard InChI is InChI=1S/C30H29N2/c1-17-9-10-19(3)28-25(17)23-12-11-18(2)26-29(23)32(28)24-16-22(20-7-5-6-8-20)15-21-13-14-31(4)30(26)27(21)24/h9-16,20H,5-8H2,1-4H3/q+1. The monoisotopic (exact) mass is 417 g/mol. The Hall–Kier alpha value is -3.13. The molecule has 1 aliphatic carbocycles. The first kappa shape index (κ1) is 18.4. The third kappa shape index (κ3) is 2.18. The number of benzene rings is 3. The molecule has 0 saturated heterocycles. The molecule has 0 amide bonds. The Morgan fingerprint density at radius 3 is 2.31 bits per heavy atom. The van der Waals surface area contributed by atoms with E-state index in [-0.39, 0.29) is 0 Å². The van der Waals surface area contributed by atoms with Crippen molar-refractivity contribution in [2.75, 3.05) is 0 Å². The number of hydrogen-bond acceptors (Lipinski definition) is 0. The molecule has 32 heavy (non-hydrogen) atoms. The van der Waals surface area contributed by atoms with Gasteiger partial charge in [-0.15, -0.1) is 0 Å². The first-order valence-electron chi connectivity index (χ1n) is 12.1. The Balaban J connectivity index is 1.86. The zero-order chi connectivity index (χ0) is 21.7. The van der Waals surface area contributed by atoms with E-state index in [0.29, 0.717) is 5.92 Å². The number of nitrogens with zero attached hydrogens (tertiary/aromatic N) is 2. The smallest absolute Gasteiger partial charge is 0.224 e. The topological polar surface area (TPSA) is 8.29 Å². The fourth-order valence-corrected chi connectivity index (χ4v) is 6.68. The van der Waals surface area contributed by atoms with Gasteiger partial charge in [0.25, 0.3) is 0 Å². The zero-order valence-corrected chi connectivity index (χ0v) is 19.4. The minimum atomic E-state index is 0.701. The van der Waals surface area contributed by atoms with Gasteiger partial charge in [0.15, 0.2) is 6.20 Å². The molecule has 0 radical (unpaired) electrons. The average molecular weight is 418 g/mol. The second-order valence-corrected chi connectivity index (χ2v) is 10.2. The number of aryl methyl sites for hydroxylation is 4. The molecule has 158 valence electrons. The van der Waals surface area contributed by atoms with Crippen molar-refractivity contribution in [3.8, 4) is 0 Å². The van der Waals surface area contributed by atoms with Gasteiger partial charge < -0.3 is 4.40 Å². The molecule has 1 fully saturated rings. The summed E-state index contributed by atoms with van der Waals surface area (Å²) in [6, 6.07) is 16.6. The molecule has 1 saturated carbocycles. The molecular weight excluding hydrogens is 388 g/mol. The van der Waals surface area contributed by atoms with E-state index in [4.69, 9.17) is 0 Å². The molecule has 0 unspecified atom stereocenters. The van der Waals surface area contributed by atoms with E-state index in [2.05, 4.69) is 85.4 Å². The zero-order valence-electron chi connectivity index (χ0n) is 19.4. The second-order valence-electron chi connectivity index (χ2n) is 10.2. The van der Waals surface area contributed by atoms with Crippen LogP contribution in [-0.2, 0) is 7.05 Å². The summed E-state index contributed by atoms with van der Waals surface area (Å²) in [6.07, 6.45) is 7.64. The molecule has 2 heteroatoms. The number of pyridine rings is 2. The van der Waals surface area contributed by atoms with Crippen molar-refractivity contribution in [1.29, 1.82) is 0 Å². The van der Waals surface area contributed by atoms with E-state index in [1.807, 2.05) is 0 Å². The molecule has 7 rings (SSSR count). The number of aromatic nitrogens is 2. The Morgan fingerprint density at radius 1 is 0.781 bits per heavy atom. The van der Waals surface area contributed by atoms with Gasteiger partial charge >= 0.3 is 0 Å². The molecule has 0 aliphatic heterocycles. The van der Waals surface area contributed by atoms with Crippen molar-refractivity contribution in [3.05, 3.63) is 70.9 Å². The van der Waals surface area contributed by atoms with Crippen molar-refractivity contribution in [2.45, 2.75) is 52.4 Å². The maximum Gasteiger partial charge on any atom is 0.224 e. The molecule has 0 bridgehead atoms. The van der Waals surface area contributed by atoms with Crippen LogP contribution >= 0.6 is 0 Å². The molecule has 1 aliphatic rings. The number of hydrogen-bond donors (Lipinski definition) is 0. The fourth-order valence-electron chi connectivity index (χ4n) is 6.68. The molecule has 2 nitrogen and oxygen atoms in total. The van der Waals surface area contributed by atoms with E-state index in [1.54, 1.807) is 0 Å². The van der Waals surface area contributed by atoms with E-state index in [0.717, 1.165) is 0 Å². The van der Waals surface area contributed by atoms with Gasteiger partial charge in [0.2, 0.25) is 5.52 Å². The molecule has 0 spiro atoms. The van der Waals surface area contributed by atoms with Crippen LogP contribution in [0, 0.1) is 20.8 Å². The third-order valence-electron chi connectivity index (χ3n) is 8.23. The third-order valence-corrected chi connectivity index (χ3v) is 8.23. The molecule has 3 heterocycles. The van der Waals surface area contributed by atoms with Crippen molar-refractivity contribution < 1.29 is 4.57 Å². The molecule has 6 aromatic rings. The second kappa shape index (κ2) is 6.22. The van der Waals surface area contributed by atoms with Gasteiger partial charge in [-0.05, 0) is 73.2 Å². The Kier molecular flexibility index (Phi) is 3.59. The predicted molar refractivity (Wildman–Crippen MR) is 135 cm³/mol. The SMILES string of the molecule is Cc1ccc(C)c2c1c1ccc(C)c3c1n2c1cc(C2CCCC2)cc2cc[n+](C)c3c21. The maximum atomic E-state index is 2.61. The van der Waals surface area contributed by atoms with Crippen molar-refractivity contribution in [1.82, 2.24) is 4.40 Å². The van der Waals surface area contributed by atoms with Gasteiger partial charge in [-0.3, -0.25) is 0 Å². The van der Waals surface area contributed by atoms with Crippen LogP contribution in [-0.4, -0.2) is 4.40 Å². The lowest BCUT2D eigenvalue weighted by atomic mass is 9.92. The summed E-state index contributed by atoms with van der Waals surface area (Å²) in [4.78, 5) is 0. The van der Waals surface area contributed by atoms with Crippen LogP contribution in [0.3, 0.4) is 0 Å². The van der Waals surface area contributed by atoms with Gasteiger partial charge in [-0.1, -0.05) is 43.2 Å². The van der Waals surface area contributed by atoms with Crippen LogP contribution in [0.5, 0.6) is 0 Å². The molecular formula is C30H29N2+. The van der Waals surface area contributed by atoms with E-state index >= 15 is 0 Å². The minimum Gasteiger partial charge on any atom is -0.307 e. The molecule has 3 aromatic carbocycles. The lowest BCUT2D eigenvalue weighted by Gasteiger charge is -2.17. The molecule has 0 N–H and O–H groups in total. The van der Waals surface area contributed by atoms with E-state index in [1.165, 1.54) is 96.9 Å². The van der Waals surface area contributed by atoms with Crippen molar-refractivity contribution >= 4 is 49.0 Å². The van der Waals surface area contributed by atoms with Crippen LogP contribution in [0.15, 0.2) is 48.7 Å². The van der Waals surface area contributed by atoms with Gasteiger partial charge in [-0.2, -0.15) is 0 Å². The summed E-state index contributed by atoms with van der Waals surface area (Å²) < 4.78 is 4.95. The highest BCUT2D eigenvalue weighted by molar-refractivity contribution is 6.26. The van der Waals surface area contributed by atoms with Crippen LogP contribution in [0.1, 0.15) is 53.9 Å². The van der Waals surface area contributed by atoms with E-state index < -0.39 is 0 Å². The van der Waals surface area contributed by atoms with Gasteiger partial charge in [0.05, 0.1) is 27.3 Å². The summed E-state index contributed by atoms with van der Waals surface area (Å²) in [6.45, 7) is 6.81. The lowest BCUT2D eigenvalue weighted by Crippen LogP contribution is -2.29. The predicted octanol–water partition coefficient (Wildman–Crippen LogP) is 7.40. The first-order valence-corrected chi connectivity index (χ1v) is 12.1. The van der Waals surface area contributed by atoms with Crippen LogP contribution in [0.25, 0.3) is 49.0 Å². The minimum absolute atomic E-state index is 0.701. The first-order chi connectivity index (χ1) is 15.5. The van der Waals surface area contributed by atoms with Gasteiger partial charge in [0, 0.05) is 16.8 Å². The van der Waals surface area contributed by atoms with Gasteiger partial charge in [-0.25, -0.2) is 4.57 Å². The Bertz CT molecular complexity index is 1710. The summed E-state index contributed by atoms with van der Waals surface area (Å²) >= 11 is 0. The van der Waals surface area contributed by atoms with Crippen LogP contribution in [0.4, 0.5) is 0 Å². The number of rotatable bonds is 1. The maximum absolute atomic E-state index is 2.61. The Morgan fingerprint density at radius 2 is 1.50 bits per heavy atom. The van der Waals surface area contributed by atoms with Gasteiger partial charge in [0.1, 0.15) is 7.05 Å². The highest BCUT2D eigenvalue weighted by Crippen LogP contribution is 2.44. The molecule has 0 atom stereocenters. The highest BCUT2D eigenvalue weighted by atomic mass is 15.0. The fraction of sp³-hybridized carbons (Fsp3) is 0.300. The summed E-state index contributed by atoms with van der Waals surface area (Å²) in [7, 11) is 2.20. The van der Waals surface area contributed by atoms with E-state index in [9.17, 15) is 0 Å². The lowest BCUT2D eigenvalue weighted by molar-refractivity contribution is -0.643. The Labute approximate surface area is 188 Å². The van der Waals surface area contributed by atoms with Crippen LogP contribution < -0.4 is 4.57 Å². The number of fused-ring (bicyclic) bond motifs is 5. The largest absolute Gasteiger partial charge is 0.307 e.